The van der Waals surface area contributed by atoms with Gasteiger partial charge in [-0.25, -0.2) is 17.5 Å². The summed E-state index contributed by atoms with van der Waals surface area (Å²) in [7, 11) is -3.93. The van der Waals surface area contributed by atoms with Crippen LogP contribution >= 0.6 is 0 Å². The fraction of sp³-hybridized carbons (Fsp3) is 0.941. The van der Waals surface area contributed by atoms with E-state index >= 15 is 0 Å². The van der Waals surface area contributed by atoms with Crippen LogP contribution in [0.25, 0.3) is 0 Å². The predicted octanol–water partition coefficient (Wildman–Crippen LogP) is 3.64. The monoisotopic (exact) mass is 367 g/mol. The molecule has 0 aromatic carbocycles. The molecule has 1 unspecified atom stereocenters. The van der Waals surface area contributed by atoms with Crippen molar-refractivity contribution in [2.45, 2.75) is 67.7 Å². The first-order valence-corrected chi connectivity index (χ1v) is 10.1. The van der Waals surface area contributed by atoms with Gasteiger partial charge in [0.1, 0.15) is 6.61 Å². The van der Waals surface area contributed by atoms with Crippen molar-refractivity contribution in [3.05, 3.63) is 0 Å². The van der Waals surface area contributed by atoms with Gasteiger partial charge < -0.3 is 4.74 Å². The number of sulfonamides is 1. The third kappa shape index (κ3) is 6.31. The smallest absolute Gasteiger partial charge is 0.312 e. The molecular weight excluding hydrogens is 333 g/mol. The summed E-state index contributed by atoms with van der Waals surface area (Å²) in [5, 5.41) is 0. The van der Waals surface area contributed by atoms with E-state index < -0.39 is 21.4 Å². The van der Waals surface area contributed by atoms with Crippen LogP contribution in [0.5, 0.6) is 0 Å². The van der Waals surface area contributed by atoms with Crippen LogP contribution in [-0.2, 0) is 19.6 Å². The Morgan fingerprint density at radius 2 is 1.62 bits per heavy atom. The molecule has 144 valence electrons. The van der Waals surface area contributed by atoms with Crippen LogP contribution in [0.1, 0.15) is 67.7 Å². The van der Waals surface area contributed by atoms with E-state index in [0.29, 0.717) is 6.42 Å². The highest BCUT2D eigenvalue weighted by Gasteiger charge is 2.49. The second kappa shape index (κ2) is 8.61. The minimum Gasteiger partial charge on any atom is -0.464 e. The summed E-state index contributed by atoms with van der Waals surface area (Å²) in [4.78, 5) is 12.8. The third-order valence-corrected chi connectivity index (χ3v) is 6.35. The van der Waals surface area contributed by atoms with Crippen molar-refractivity contribution in [1.29, 1.82) is 0 Å². The van der Waals surface area contributed by atoms with Crippen LogP contribution in [-0.4, -0.2) is 33.5 Å². The summed E-state index contributed by atoms with van der Waals surface area (Å²) >= 11 is 0. The minimum atomic E-state index is -3.93. The molecule has 1 N–H and O–H groups in total. The number of alkyl halides is 1. The molecule has 0 heterocycles. The summed E-state index contributed by atoms with van der Waals surface area (Å²) in [6.07, 6.45) is 2.42. The zero-order chi connectivity index (χ0) is 19.2. The fourth-order valence-corrected chi connectivity index (χ4v) is 3.07. The first-order chi connectivity index (χ1) is 10.8. The maximum atomic E-state index is 12.8. The number of esters is 1. The van der Waals surface area contributed by atoms with Crippen LogP contribution in [0.4, 0.5) is 4.39 Å². The Morgan fingerprint density at radius 1 is 1.08 bits per heavy atom. The highest BCUT2D eigenvalue weighted by atomic mass is 32.2. The van der Waals surface area contributed by atoms with Gasteiger partial charge in [0.05, 0.1) is 5.41 Å². The lowest BCUT2D eigenvalue weighted by atomic mass is 9.58. The zero-order valence-corrected chi connectivity index (χ0v) is 17.0. The van der Waals surface area contributed by atoms with Gasteiger partial charge in [-0.1, -0.05) is 48.0 Å². The summed E-state index contributed by atoms with van der Waals surface area (Å²) in [5.41, 5.74) is -0.981. The molecule has 0 spiro atoms. The van der Waals surface area contributed by atoms with Crippen molar-refractivity contribution < 1.29 is 22.3 Å². The Bertz CT molecular complexity index is 517. The molecule has 0 fully saturated rings. The molecule has 7 heteroatoms. The number of halogens is 1. The molecule has 0 bridgehead atoms. The van der Waals surface area contributed by atoms with Gasteiger partial charge in [0, 0.05) is 6.54 Å². The van der Waals surface area contributed by atoms with Gasteiger partial charge in [0.15, 0.2) is 0 Å². The molecule has 0 aromatic heterocycles. The minimum absolute atomic E-state index is 0.0178. The maximum Gasteiger partial charge on any atom is 0.312 e. The summed E-state index contributed by atoms with van der Waals surface area (Å²) in [6.45, 7) is 14.2. The van der Waals surface area contributed by atoms with Crippen LogP contribution in [0, 0.1) is 16.2 Å². The lowest BCUT2D eigenvalue weighted by Gasteiger charge is -2.45. The Kier molecular flexibility index (Phi) is 8.36. The average Bonchev–Trinajstić information content (AvgIpc) is 2.50. The molecule has 1 atom stereocenters. The first kappa shape index (κ1) is 23.3. The highest BCUT2D eigenvalue weighted by molar-refractivity contribution is 7.89. The lowest BCUT2D eigenvalue weighted by Crippen LogP contribution is -2.46. The van der Waals surface area contributed by atoms with E-state index in [9.17, 15) is 17.6 Å². The number of hydrogen-bond donors (Lipinski definition) is 1. The van der Waals surface area contributed by atoms with Crippen molar-refractivity contribution in [2.24, 2.45) is 16.2 Å². The second-order valence-corrected chi connectivity index (χ2v) is 9.75. The second-order valence-electron chi connectivity index (χ2n) is 8.02. The predicted molar refractivity (Wildman–Crippen MR) is 94.7 cm³/mol. The van der Waals surface area contributed by atoms with Gasteiger partial charge in [0.25, 0.3) is 0 Å². The largest absolute Gasteiger partial charge is 0.464 e. The molecule has 0 aliphatic rings. The van der Waals surface area contributed by atoms with Gasteiger partial charge in [-0.05, 0) is 30.6 Å². The summed E-state index contributed by atoms with van der Waals surface area (Å²) < 4.78 is 41.7. The third-order valence-electron chi connectivity index (χ3n) is 5.42. The molecule has 0 aromatic rings. The molecule has 0 aliphatic heterocycles. The molecular formula is C17H34FNO4S. The normalized spacial score (nSPS) is 15.8. The van der Waals surface area contributed by atoms with E-state index in [1.54, 1.807) is 0 Å². The van der Waals surface area contributed by atoms with Crippen molar-refractivity contribution in [3.63, 3.8) is 0 Å². The molecule has 0 amide bonds. The van der Waals surface area contributed by atoms with Crippen molar-refractivity contribution in [3.8, 4) is 0 Å². The lowest BCUT2D eigenvalue weighted by molar-refractivity contribution is -0.166. The van der Waals surface area contributed by atoms with Gasteiger partial charge in [0.2, 0.25) is 16.0 Å². The molecule has 0 rings (SSSR count). The molecule has 0 aliphatic carbocycles. The van der Waals surface area contributed by atoms with E-state index in [2.05, 4.69) is 20.8 Å². The number of ether oxygens (including phenoxy) is 1. The molecule has 0 radical (unpaired) electrons. The fourth-order valence-electron chi connectivity index (χ4n) is 2.60. The number of rotatable bonds is 11. The van der Waals surface area contributed by atoms with Gasteiger partial charge in [-0.2, -0.15) is 0 Å². The Balaban J connectivity index is 5.08. The molecule has 0 saturated carbocycles. The van der Waals surface area contributed by atoms with E-state index in [1.807, 2.05) is 32.4 Å². The van der Waals surface area contributed by atoms with Crippen molar-refractivity contribution >= 4 is 16.0 Å². The number of hydrogen-bond acceptors (Lipinski definition) is 4. The number of nitrogens with one attached hydrogen (secondary N) is 1. The number of carbonyl (C=O) groups excluding carboxylic acids is 1. The quantitative estimate of drug-likeness (QED) is 0.447. The Hall–Kier alpha value is -0.690. The number of carbonyl (C=O) groups is 1. The van der Waals surface area contributed by atoms with E-state index in [-0.39, 0.29) is 30.0 Å². The van der Waals surface area contributed by atoms with Gasteiger partial charge in [-0.3, -0.25) is 4.79 Å². The van der Waals surface area contributed by atoms with Gasteiger partial charge >= 0.3 is 5.97 Å². The van der Waals surface area contributed by atoms with Crippen molar-refractivity contribution in [2.75, 3.05) is 19.2 Å². The summed E-state index contributed by atoms with van der Waals surface area (Å²) in [5.74, 6) is -0.338. The average molecular weight is 368 g/mol. The SMILES string of the molecule is CCC(C)(C)CC(C)(C(=O)OCCNS(=O)(=O)CF)C(C)(C)CC. The van der Waals surface area contributed by atoms with Crippen LogP contribution in [0.2, 0.25) is 0 Å². The topological polar surface area (TPSA) is 72.5 Å². The Morgan fingerprint density at radius 3 is 2.04 bits per heavy atom. The standard InChI is InChI=1S/C17H34FNO4S/c1-8-15(3,4)12-17(7,16(5,6)9-2)14(20)23-11-10-19-24(21,22)13-18/h19H,8-13H2,1-7H3. The molecule has 0 saturated heterocycles. The van der Waals surface area contributed by atoms with Crippen molar-refractivity contribution in [1.82, 2.24) is 4.72 Å². The van der Waals surface area contributed by atoms with E-state index in [1.165, 1.54) is 0 Å². The highest BCUT2D eigenvalue weighted by Crippen LogP contribution is 2.50. The Labute approximate surface area is 146 Å². The maximum absolute atomic E-state index is 12.8. The van der Waals surface area contributed by atoms with Crippen LogP contribution in [0.15, 0.2) is 0 Å². The van der Waals surface area contributed by atoms with Crippen LogP contribution < -0.4 is 4.72 Å². The van der Waals surface area contributed by atoms with E-state index in [0.717, 1.165) is 12.8 Å². The molecule has 24 heavy (non-hydrogen) atoms. The van der Waals surface area contributed by atoms with E-state index in [4.69, 9.17) is 4.74 Å². The first-order valence-electron chi connectivity index (χ1n) is 8.47. The van der Waals surface area contributed by atoms with Gasteiger partial charge in [-0.15, -0.1) is 0 Å². The zero-order valence-electron chi connectivity index (χ0n) is 16.2. The molecule has 5 nitrogen and oxygen atoms in total. The van der Waals surface area contributed by atoms with Crippen LogP contribution in [0.3, 0.4) is 0 Å². The summed E-state index contributed by atoms with van der Waals surface area (Å²) in [6, 6.07) is -1.48.